The van der Waals surface area contributed by atoms with Crippen LogP contribution < -0.4 is 5.32 Å². The molecule has 2 heterocycles. The lowest BCUT2D eigenvalue weighted by Gasteiger charge is -2.37. The third-order valence-corrected chi connectivity index (χ3v) is 9.36. The fourth-order valence-corrected chi connectivity index (χ4v) is 6.26. The first-order valence-corrected chi connectivity index (χ1v) is 18.8. The second-order valence-electron chi connectivity index (χ2n) is 18.1. The minimum absolute atomic E-state index is 0.00223. The Morgan fingerprint density at radius 3 is 1.96 bits per heavy atom. The van der Waals surface area contributed by atoms with Crippen molar-refractivity contribution in [1.29, 1.82) is 0 Å². The number of ether oxygens (including phenoxy) is 4. The van der Waals surface area contributed by atoms with Gasteiger partial charge in [0.15, 0.2) is 0 Å². The molecule has 2 aliphatic heterocycles. The van der Waals surface area contributed by atoms with E-state index < -0.39 is 71.0 Å². The van der Waals surface area contributed by atoms with Gasteiger partial charge in [0.1, 0.15) is 28.9 Å². The lowest BCUT2D eigenvalue weighted by Crippen LogP contribution is -2.55. The number of esters is 1. The van der Waals surface area contributed by atoms with Gasteiger partial charge in [-0.3, -0.25) is 4.90 Å². The lowest BCUT2D eigenvalue weighted by molar-refractivity contribution is -0.158. The van der Waals surface area contributed by atoms with Crippen LogP contribution in [0.1, 0.15) is 121 Å². The van der Waals surface area contributed by atoms with E-state index in [1.165, 1.54) is 9.80 Å². The standard InChI is InChI=1S/C39H64BN3O10/c1-34(2,3)49-31(45)41-23-24-42(32(46)50-35(4,5)6)29-25-39(43(26-29)33(47)51-36(7,8)9,30(44)48-27-28-19-15-14-16-20-28)21-17-18-22-40-52-37(10,11)38(12,13)53-40/h14-16,19-20,29H,17-18,21-27H2,1-13H3,(H,41,45). The largest absolute Gasteiger partial charge is 0.459 e. The van der Waals surface area contributed by atoms with E-state index in [9.17, 15) is 19.2 Å². The number of nitrogens with one attached hydrogen (secondary N) is 1. The highest BCUT2D eigenvalue weighted by Crippen LogP contribution is 2.41. The number of likely N-dealkylation sites (tertiary alicyclic amines) is 1. The molecule has 0 spiro atoms. The van der Waals surface area contributed by atoms with Crippen molar-refractivity contribution in [1.82, 2.24) is 15.1 Å². The average Bonchev–Trinajstić information content (AvgIpc) is 3.47. The van der Waals surface area contributed by atoms with Gasteiger partial charge in [-0.1, -0.05) is 43.2 Å². The molecule has 1 aromatic rings. The first-order chi connectivity index (χ1) is 24.2. The molecule has 13 nitrogen and oxygen atoms in total. The molecule has 3 rings (SSSR count). The summed E-state index contributed by atoms with van der Waals surface area (Å²) < 4.78 is 35.5. The summed E-state index contributed by atoms with van der Waals surface area (Å²) in [5.41, 5.74) is -4.07. The molecule has 1 aromatic carbocycles. The van der Waals surface area contributed by atoms with Gasteiger partial charge < -0.3 is 38.5 Å². The van der Waals surface area contributed by atoms with Crippen LogP contribution in [-0.2, 0) is 39.7 Å². The van der Waals surface area contributed by atoms with Gasteiger partial charge in [0.05, 0.1) is 17.2 Å². The number of nitrogens with zero attached hydrogens (tertiary/aromatic N) is 2. The molecule has 53 heavy (non-hydrogen) atoms. The van der Waals surface area contributed by atoms with Gasteiger partial charge in [0.2, 0.25) is 0 Å². The zero-order valence-electron chi connectivity index (χ0n) is 34.4. The topological polar surface area (TPSA) is 142 Å². The Hall–Kier alpha value is -3.52. The van der Waals surface area contributed by atoms with Gasteiger partial charge in [0, 0.05) is 26.1 Å². The van der Waals surface area contributed by atoms with Crippen molar-refractivity contribution < 1.29 is 47.4 Å². The number of unbranched alkanes of at least 4 members (excludes halogenated alkanes) is 1. The van der Waals surface area contributed by atoms with Crippen molar-refractivity contribution in [2.24, 2.45) is 0 Å². The Balaban J connectivity index is 1.97. The molecule has 2 aliphatic rings. The van der Waals surface area contributed by atoms with E-state index in [2.05, 4.69) is 5.32 Å². The Labute approximate surface area is 317 Å². The number of amides is 3. The van der Waals surface area contributed by atoms with Crippen LogP contribution in [0.3, 0.4) is 0 Å². The second-order valence-corrected chi connectivity index (χ2v) is 18.1. The first-order valence-electron chi connectivity index (χ1n) is 18.8. The van der Waals surface area contributed by atoms with Crippen LogP contribution in [0.2, 0.25) is 6.32 Å². The van der Waals surface area contributed by atoms with Crippen LogP contribution in [0.4, 0.5) is 14.4 Å². The predicted octanol–water partition coefficient (Wildman–Crippen LogP) is 7.50. The summed E-state index contributed by atoms with van der Waals surface area (Å²) in [4.78, 5) is 57.8. The Kier molecular flexibility index (Phi) is 14.0. The normalized spacial score (nSPS) is 21.2. The summed E-state index contributed by atoms with van der Waals surface area (Å²) in [6.45, 7) is 23.9. The smallest absolute Gasteiger partial charge is 0.457 e. The monoisotopic (exact) mass is 745 g/mol. The van der Waals surface area contributed by atoms with Crippen LogP contribution in [0.5, 0.6) is 0 Å². The zero-order valence-corrected chi connectivity index (χ0v) is 34.4. The highest BCUT2D eigenvalue weighted by molar-refractivity contribution is 6.45. The molecule has 2 atom stereocenters. The molecule has 0 bridgehead atoms. The van der Waals surface area contributed by atoms with E-state index in [1.807, 2.05) is 58.0 Å². The Morgan fingerprint density at radius 2 is 1.42 bits per heavy atom. The van der Waals surface area contributed by atoms with Crippen molar-refractivity contribution in [3.8, 4) is 0 Å². The maximum atomic E-state index is 14.5. The lowest BCUT2D eigenvalue weighted by atomic mass is 9.80. The van der Waals surface area contributed by atoms with Crippen molar-refractivity contribution >= 4 is 31.4 Å². The molecule has 14 heteroatoms. The molecule has 0 aliphatic carbocycles. The summed E-state index contributed by atoms with van der Waals surface area (Å²) in [6.07, 6.45) is 0.0414. The number of rotatable bonds is 12. The van der Waals surface area contributed by atoms with Gasteiger partial charge in [-0.2, -0.15) is 0 Å². The number of hydrogen-bond donors (Lipinski definition) is 1. The fraction of sp³-hybridized carbons (Fsp3) is 0.744. The van der Waals surface area contributed by atoms with E-state index in [0.717, 1.165) is 5.56 Å². The van der Waals surface area contributed by atoms with Crippen molar-refractivity contribution in [3.63, 3.8) is 0 Å². The highest BCUT2D eigenvalue weighted by atomic mass is 16.7. The molecule has 298 valence electrons. The van der Waals surface area contributed by atoms with Crippen LogP contribution in [0, 0.1) is 0 Å². The average molecular weight is 746 g/mol. The number of carbonyl (C=O) groups excluding carboxylic acids is 4. The number of alkyl carbamates (subject to hydrolysis) is 1. The van der Waals surface area contributed by atoms with Crippen LogP contribution in [0.25, 0.3) is 0 Å². The second kappa shape index (κ2) is 16.9. The summed E-state index contributed by atoms with van der Waals surface area (Å²) in [7, 11) is -0.417. The quantitative estimate of drug-likeness (QED) is 0.0989. The van der Waals surface area contributed by atoms with Gasteiger partial charge >= 0.3 is 31.4 Å². The van der Waals surface area contributed by atoms with Gasteiger partial charge in [-0.25, -0.2) is 19.2 Å². The third-order valence-electron chi connectivity index (χ3n) is 9.36. The minimum atomic E-state index is -1.49. The number of hydrogen-bond acceptors (Lipinski definition) is 10. The molecular weight excluding hydrogens is 681 g/mol. The molecule has 2 unspecified atom stereocenters. The Bertz CT molecular complexity index is 1400. The zero-order chi connectivity index (χ0) is 40.0. The van der Waals surface area contributed by atoms with Gasteiger partial charge in [-0.05, 0) is 108 Å². The summed E-state index contributed by atoms with van der Waals surface area (Å²) in [5, 5.41) is 2.71. The summed E-state index contributed by atoms with van der Waals surface area (Å²) in [5.74, 6) is -0.596. The van der Waals surface area contributed by atoms with Gasteiger partial charge in [0.25, 0.3) is 0 Å². The van der Waals surface area contributed by atoms with Crippen molar-refractivity contribution in [2.75, 3.05) is 19.6 Å². The minimum Gasteiger partial charge on any atom is -0.459 e. The van der Waals surface area contributed by atoms with E-state index in [4.69, 9.17) is 28.3 Å². The van der Waals surface area contributed by atoms with Crippen molar-refractivity contribution in [3.05, 3.63) is 35.9 Å². The van der Waals surface area contributed by atoms with E-state index in [-0.39, 0.29) is 39.1 Å². The Morgan fingerprint density at radius 1 is 0.849 bits per heavy atom. The molecule has 0 saturated carbocycles. The summed E-state index contributed by atoms with van der Waals surface area (Å²) >= 11 is 0. The van der Waals surface area contributed by atoms with Crippen LogP contribution in [-0.4, -0.2) is 100 Å². The highest BCUT2D eigenvalue weighted by Gasteiger charge is 2.57. The molecule has 3 amide bonds. The number of carbonyl (C=O) groups is 4. The van der Waals surface area contributed by atoms with Crippen molar-refractivity contribution in [2.45, 2.75) is 168 Å². The molecule has 0 radical (unpaired) electrons. The number of benzene rings is 1. The maximum Gasteiger partial charge on any atom is 0.457 e. The third kappa shape index (κ3) is 12.8. The maximum absolute atomic E-state index is 14.5. The SMILES string of the molecule is CC(C)(C)OC(=O)NCCN(C(=O)OC(C)(C)C)C1CN(C(=O)OC(C)(C)C)C(CCCCB2OC(C)(C)C(C)(C)O2)(C(=O)OCc2ccccc2)C1. The predicted molar refractivity (Wildman–Crippen MR) is 202 cm³/mol. The molecule has 2 fully saturated rings. The van der Waals surface area contributed by atoms with E-state index in [1.54, 1.807) is 62.3 Å². The van der Waals surface area contributed by atoms with Crippen LogP contribution >= 0.6 is 0 Å². The molecule has 2 saturated heterocycles. The van der Waals surface area contributed by atoms with E-state index in [0.29, 0.717) is 19.2 Å². The summed E-state index contributed by atoms with van der Waals surface area (Å²) in [6, 6.07) is 8.62. The van der Waals surface area contributed by atoms with Crippen LogP contribution in [0.15, 0.2) is 30.3 Å². The van der Waals surface area contributed by atoms with E-state index >= 15 is 0 Å². The molecular formula is C39H64BN3O10. The molecule has 0 aromatic heterocycles. The first kappa shape index (κ1) is 43.9. The van der Waals surface area contributed by atoms with Gasteiger partial charge in [-0.15, -0.1) is 0 Å². The molecule has 1 N–H and O–H groups in total. The fourth-order valence-electron chi connectivity index (χ4n) is 6.26.